The van der Waals surface area contributed by atoms with Crippen molar-refractivity contribution >= 4 is 5.57 Å². The van der Waals surface area contributed by atoms with E-state index in [4.69, 9.17) is 4.42 Å². The molecule has 0 N–H and O–H groups in total. The minimum absolute atomic E-state index is 0.169. The Hall–Kier alpha value is -1.94. The quantitative estimate of drug-likeness (QED) is 0.864. The number of hydrogen-bond acceptors (Lipinski definition) is 4. The first-order valence-electron chi connectivity index (χ1n) is 7.43. The van der Waals surface area contributed by atoms with Crippen molar-refractivity contribution in [1.29, 1.82) is 0 Å². The van der Waals surface area contributed by atoms with E-state index < -0.39 is 0 Å². The first-order chi connectivity index (χ1) is 10.1. The molecule has 4 nitrogen and oxygen atoms in total. The maximum absolute atomic E-state index is 5.54. The standard InChI is InChI=1S/C17H21N3O/c1-12-4-6-15(7-5-12)16-8-10-20(11-9-16)13(2)17-19-18-14(3)21-17/h4-8,13H,9-11H2,1-3H3. The molecule has 0 radical (unpaired) electrons. The Morgan fingerprint density at radius 1 is 1.14 bits per heavy atom. The number of nitrogens with zero attached hydrogens (tertiary/aromatic N) is 3. The van der Waals surface area contributed by atoms with Crippen LogP contribution in [0.15, 0.2) is 34.8 Å². The van der Waals surface area contributed by atoms with Gasteiger partial charge in [0.25, 0.3) is 0 Å². The van der Waals surface area contributed by atoms with Crippen molar-refractivity contribution in [3.05, 3.63) is 53.2 Å². The Kier molecular flexibility index (Phi) is 3.88. The lowest BCUT2D eigenvalue weighted by Gasteiger charge is -2.30. The van der Waals surface area contributed by atoms with E-state index in [1.807, 2.05) is 6.92 Å². The minimum Gasteiger partial charge on any atom is -0.424 e. The highest BCUT2D eigenvalue weighted by Gasteiger charge is 2.22. The van der Waals surface area contributed by atoms with Crippen molar-refractivity contribution in [1.82, 2.24) is 15.1 Å². The van der Waals surface area contributed by atoms with Crippen LogP contribution in [0.2, 0.25) is 0 Å². The summed E-state index contributed by atoms with van der Waals surface area (Å²) in [5.41, 5.74) is 4.07. The van der Waals surface area contributed by atoms with Gasteiger partial charge >= 0.3 is 0 Å². The highest BCUT2D eigenvalue weighted by Crippen LogP contribution is 2.27. The van der Waals surface area contributed by atoms with Crippen molar-refractivity contribution in [3.8, 4) is 0 Å². The van der Waals surface area contributed by atoms with Gasteiger partial charge in [-0.2, -0.15) is 0 Å². The highest BCUT2D eigenvalue weighted by molar-refractivity contribution is 5.66. The third-order valence-electron chi connectivity index (χ3n) is 4.11. The molecule has 0 bridgehead atoms. The second-order valence-corrected chi connectivity index (χ2v) is 5.68. The fourth-order valence-corrected chi connectivity index (χ4v) is 2.70. The summed E-state index contributed by atoms with van der Waals surface area (Å²) in [5, 5.41) is 8.04. The summed E-state index contributed by atoms with van der Waals surface area (Å²) in [7, 11) is 0. The van der Waals surface area contributed by atoms with Gasteiger partial charge in [-0.05, 0) is 31.4 Å². The zero-order valence-electron chi connectivity index (χ0n) is 12.8. The molecule has 0 amide bonds. The maximum Gasteiger partial charge on any atom is 0.233 e. The van der Waals surface area contributed by atoms with Gasteiger partial charge in [0.1, 0.15) is 0 Å². The Labute approximate surface area is 125 Å². The number of rotatable bonds is 3. The first kappa shape index (κ1) is 14.0. The van der Waals surface area contributed by atoms with E-state index in [0.717, 1.165) is 19.5 Å². The lowest BCUT2D eigenvalue weighted by Crippen LogP contribution is -2.31. The monoisotopic (exact) mass is 283 g/mol. The molecule has 110 valence electrons. The second-order valence-electron chi connectivity index (χ2n) is 5.68. The summed E-state index contributed by atoms with van der Waals surface area (Å²) in [6, 6.07) is 8.93. The lowest BCUT2D eigenvalue weighted by molar-refractivity contribution is 0.199. The lowest BCUT2D eigenvalue weighted by atomic mass is 9.98. The van der Waals surface area contributed by atoms with Crippen LogP contribution in [-0.2, 0) is 0 Å². The van der Waals surface area contributed by atoms with Gasteiger partial charge in [0.2, 0.25) is 11.8 Å². The van der Waals surface area contributed by atoms with E-state index in [1.54, 1.807) is 0 Å². The highest BCUT2D eigenvalue weighted by atomic mass is 16.4. The fraction of sp³-hybridized carbons (Fsp3) is 0.412. The van der Waals surface area contributed by atoms with E-state index in [1.165, 1.54) is 16.7 Å². The van der Waals surface area contributed by atoms with Crippen molar-refractivity contribution in [3.63, 3.8) is 0 Å². The van der Waals surface area contributed by atoms with E-state index in [0.29, 0.717) is 11.8 Å². The molecule has 1 aliphatic rings. The van der Waals surface area contributed by atoms with Gasteiger partial charge in [-0.25, -0.2) is 0 Å². The van der Waals surface area contributed by atoms with Gasteiger partial charge in [0, 0.05) is 20.0 Å². The number of aryl methyl sites for hydroxylation is 2. The van der Waals surface area contributed by atoms with Crippen LogP contribution in [0, 0.1) is 13.8 Å². The molecule has 4 heteroatoms. The van der Waals surface area contributed by atoms with Crippen molar-refractivity contribution in [2.75, 3.05) is 13.1 Å². The van der Waals surface area contributed by atoms with Gasteiger partial charge in [0.15, 0.2) is 0 Å². The molecule has 0 spiro atoms. The van der Waals surface area contributed by atoms with Crippen molar-refractivity contribution in [2.45, 2.75) is 33.2 Å². The zero-order valence-corrected chi connectivity index (χ0v) is 12.8. The summed E-state index contributed by atoms with van der Waals surface area (Å²) >= 11 is 0. The molecule has 3 rings (SSSR count). The molecule has 1 aromatic heterocycles. The van der Waals surface area contributed by atoms with E-state index >= 15 is 0 Å². The molecule has 2 heterocycles. The molecule has 0 saturated carbocycles. The molecule has 21 heavy (non-hydrogen) atoms. The fourth-order valence-electron chi connectivity index (χ4n) is 2.70. The smallest absolute Gasteiger partial charge is 0.233 e. The van der Waals surface area contributed by atoms with Crippen molar-refractivity contribution < 1.29 is 4.42 Å². The average Bonchev–Trinajstić information content (AvgIpc) is 2.94. The van der Waals surface area contributed by atoms with Crippen LogP contribution in [-0.4, -0.2) is 28.2 Å². The van der Waals surface area contributed by atoms with Crippen LogP contribution >= 0.6 is 0 Å². The first-order valence-corrected chi connectivity index (χ1v) is 7.43. The summed E-state index contributed by atoms with van der Waals surface area (Å²) in [6.45, 7) is 8.01. The van der Waals surface area contributed by atoms with Gasteiger partial charge in [-0.15, -0.1) is 10.2 Å². The second kappa shape index (κ2) is 5.82. The Morgan fingerprint density at radius 2 is 1.90 bits per heavy atom. The summed E-state index contributed by atoms with van der Waals surface area (Å²) < 4.78 is 5.54. The van der Waals surface area contributed by atoms with Crippen LogP contribution in [0.3, 0.4) is 0 Å². The molecule has 1 aliphatic heterocycles. The predicted molar refractivity (Wildman–Crippen MR) is 82.8 cm³/mol. The van der Waals surface area contributed by atoms with Gasteiger partial charge in [0.05, 0.1) is 6.04 Å². The van der Waals surface area contributed by atoms with Crippen LogP contribution in [0.1, 0.15) is 42.3 Å². The van der Waals surface area contributed by atoms with Crippen molar-refractivity contribution in [2.24, 2.45) is 0 Å². The third-order valence-corrected chi connectivity index (χ3v) is 4.11. The number of aromatic nitrogens is 2. The predicted octanol–water partition coefficient (Wildman–Crippen LogP) is 3.54. The van der Waals surface area contributed by atoms with Gasteiger partial charge in [-0.3, -0.25) is 4.90 Å². The molecule has 0 saturated heterocycles. The molecular formula is C17H21N3O. The Morgan fingerprint density at radius 3 is 2.48 bits per heavy atom. The Balaban J connectivity index is 1.70. The molecule has 1 aromatic carbocycles. The van der Waals surface area contributed by atoms with E-state index in [-0.39, 0.29) is 6.04 Å². The number of hydrogen-bond donors (Lipinski definition) is 0. The molecule has 1 unspecified atom stereocenters. The van der Waals surface area contributed by atoms with Gasteiger partial charge in [-0.1, -0.05) is 35.9 Å². The summed E-state index contributed by atoms with van der Waals surface area (Å²) in [5.74, 6) is 1.34. The molecule has 0 fully saturated rings. The SMILES string of the molecule is Cc1ccc(C2=CCN(C(C)c3nnc(C)o3)CC2)cc1. The largest absolute Gasteiger partial charge is 0.424 e. The Bertz CT molecular complexity index is 642. The molecule has 2 aromatic rings. The van der Waals surface area contributed by atoms with Crippen LogP contribution in [0.5, 0.6) is 0 Å². The van der Waals surface area contributed by atoms with Crippen LogP contribution in [0.4, 0.5) is 0 Å². The van der Waals surface area contributed by atoms with E-state index in [2.05, 4.69) is 59.3 Å². The molecule has 0 aliphatic carbocycles. The topological polar surface area (TPSA) is 42.2 Å². The van der Waals surface area contributed by atoms with Crippen LogP contribution in [0.25, 0.3) is 5.57 Å². The van der Waals surface area contributed by atoms with E-state index in [9.17, 15) is 0 Å². The average molecular weight is 283 g/mol. The van der Waals surface area contributed by atoms with Gasteiger partial charge < -0.3 is 4.42 Å². The van der Waals surface area contributed by atoms with Crippen LogP contribution < -0.4 is 0 Å². The summed E-state index contributed by atoms with van der Waals surface area (Å²) in [6.07, 6.45) is 3.37. The number of benzene rings is 1. The molecular weight excluding hydrogens is 262 g/mol. The summed E-state index contributed by atoms with van der Waals surface area (Å²) in [4.78, 5) is 2.37. The maximum atomic E-state index is 5.54. The zero-order chi connectivity index (χ0) is 14.8. The normalized spacial score (nSPS) is 17.6. The third kappa shape index (κ3) is 3.05. The molecule has 1 atom stereocenters. The minimum atomic E-state index is 0.169.